The van der Waals surface area contributed by atoms with Gasteiger partial charge in [-0.25, -0.2) is 9.67 Å². The highest BCUT2D eigenvalue weighted by molar-refractivity contribution is 5.94. The van der Waals surface area contributed by atoms with E-state index in [4.69, 9.17) is 4.74 Å². The van der Waals surface area contributed by atoms with Gasteiger partial charge in [0.2, 0.25) is 0 Å². The van der Waals surface area contributed by atoms with Gasteiger partial charge in [-0.1, -0.05) is 29.8 Å². The van der Waals surface area contributed by atoms with Crippen molar-refractivity contribution in [3.8, 4) is 5.75 Å². The van der Waals surface area contributed by atoms with Crippen molar-refractivity contribution in [3.63, 3.8) is 0 Å². The highest BCUT2D eigenvalue weighted by Crippen LogP contribution is 2.19. The molecule has 3 aromatic rings. The predicted molar refractivity (Wildman–Crippen MR) is 99.3 cm³/mol. The van der Waals surface area contributed by atoms with Gasteiger partial charge in [-0.3, -0.25) is 4.79 Å². The molecule has 0 aliphatic rings. The maximum absolute atomic E-state index is 12.3. The Balaban J connectivity index is 1.54. The summed E-state index contributed by atoms with van der Waals surface area (Å²) in [6.07, 6.45) is 3.90. The van der Waals surface area contributed by atoms with Crippen molar-refractivity contribution >= 4 is 5.91 Å². The van der Waals surface area contributed by atoms with Gasteiger partial charge in [0.05, 0.1) is 13.7 Å². The number of hydrogen-bond donors (Lipinski definition) is 1. The quantitative estimate of drug-likeness (QED) is 0.711. The highest BCUT2D eigenvalue weighted by Gasteiger charge is 2.07. The molecular weight excluding hydrogens is 328 g/mol. The number of carbonyl (C=O) groups excluding carboxylic acids is 1. The molecule has 0 aliphatic carbocycles. The first-order valence-corrected chi connectivity index (χ1v) is 8.49. The summed E-state index contributed by atoms with van der Waals surface area (Å²) in [5, 5.41) is 7.04. The molecule has 0 atom stereocenters. The Bertz CT molecular complexity index is 858. The van der Waals surface area contributed by atoms with Crippen molar-refractivity contribution in [2.75, 3.05) is 13.7 Å². The second kappa shape index (κ2) is 8.29. The maximum atomic E-state index is 12.3. The molecule has 26 heavy (non-hydrogen) atoms. The first kappa shape index (κ1) is 17.7. The standard InChI is InChI=1S/C20H22N4O2/c1-15-3-8-19(26-2)18(11-15)9-10-22-20(25)17-6-4-16(5-7-17)12-24-14-21-13-23-24/h3-8,11,13-14H,9-10,12H2,1-2H3,(H,22,25). The minimum Gasteiger partial charge on any atom is -0.496 e. The molecule has 1 amide bonds. The molecule has 0 saturated heterocycles. The molecule has 0 aliphatic heterocycles. The zero-order valence-electron chi connectivity index (χ0n) is 15.0. The lowest BCUT2D eigenvalue weighted by atomic mass is 10.1. The molecule has 2 aromatic carbocycles. The lowest BCUT2D eigenvalue weighted by molar-refractivity contribution is 0.0954. The van der Waals surface area contributed by atoms with Gasteiger partial charge in [0.25, 0.3) is 5.91 Å². The van der Waals surface area contributed by atoms with E-state index in [0.717, 1.165) is 23.3 Å². The number of hydrogen-bond acceptors (Lipinski definition) is 4. The zero-order valence-corrected chi connectivity index (χ0v) is 15.0. The van der Waals surface area contributed by atoms with Crippen molar-refractivity contribution < 1.29 is 9.53 Å². The van der Waals surface area contributed by atoms with Crippen LogP contribution in [0.1, 0.15) is 27.0 Å². The Morgan fingerprint density at radius 3 is 2.69 bits per heavy atom. The Hall–Kier alpha value is -3.15. The fraction of sp³-hybridized carbons (Fsp3) is 0.250. The van der Waals surface area contributed by atoms with E-state index in [9.17, 15) is 4.79 Å². The first-order valence-electron chi connectivity index (χ1n) is 8.49. The van der Waals surface area contributed by atoms with Crippen LogP contribution in [0.3, 0.4) is 0 Å². The van der Waals surface area contributed by atoms with Crippen LogP contribution in [0.4, 0.5) is 0 Å². The van der Waals surface area contributed by atoms with Crippen LogP contribution in [0, 0.1) is 6.92 Å². The number of rotatable bonds is 7. The van der Waals surface area contributed by atoms with E-state index < -0.39 is 0 Å². The number of ether oxygens (including phenoxy) is 1. The van der Waals surface area contributed by atoms with E-state index in [0.29, 0.717) is 18.7 Å². The Kier molecular flexibility index (Phi) is 5.63. The molecule has 3 rings (SSSR count). The van der Waals surface area contributed by atoms with E-state index in [1.165, 1.54) is 11.9 Å². The van der Waals surface area contributed by atoms with Crippen LogP contribution in [0.25, 0.3) is 0 Å². The number of aryl methyl sites for hydroxylation is 1. The molecule has 0 radical (unpaired) electrons. The average Bonchev–Trinajstić information content (AvgIpc) is 3.15. The van der Waals surface area contributed by atoms with Gasteiger partial charge in [-0.15, -0.1) is 0 Å². The molecule has 0 unspecified atom stereocenters. The number of amides is 1. The van der Waals surface area contributed by atoms with Crippen molar-refractivity contribution in [3.05, 3.63) is 77.4 Å². The maximum Gasteiger partial charge on any atom is 0.251 e. The Morgan fingerprint density at radius 2 is 2.00 bits per heavy atom. The zero-order chi connectivity index (χ0) is 18.4. The van der Waals surface area contributed by atoms with Crippen LogP contribution in [0.2, 0.25) is 0 Å². The molecular formula is C20H22N4O2. The smallest absolute Gasteiger partial charge is 0.251 e. The van der Waals surface area contributed by atoms with Crippen molar-refractivity contribution in [2.24, 2.45) is 0 Å². The second-order valence-corrected chi connectivity index (χ2v) is 6.11. The van der Waals surface area contributed by atoms with Crippen LogP contribution in [0.15, 0.2) is 55.1 Å². The van der Waals surface area contributed by atoms with E-state index in [1.54, 1.807) is 18.1 Å². The van der Waals surface area contributed by atoms with Crippen LogP contribution >= 0.6 is 0 Å². The molecule has 1 N–H and O–H groups in total. The van der Waals surface area contributed by atoms with Crippen LogP contribution in [0.5, 0.6) is 5.75 Å². The molecule has 0 saturated carbocycles. The molecule has 0 fully saturated rings. The summed E-state index contributed by atoms with van der Waals surface area (Å²) in [6.45, 7) is 3.23. The summed E-state index contributed by atoms with van der Waals surface area (Å²) in [4.78, 5) is 16.2. The van der Waals surface area contributed by atoms with Crippen molar-refractivity contribution in [1.82, 2.24) is 20.1 Å². The average molecular weight is 350 g/mol. The molecule has 1 aromatic heterocycles. The van der Waals surface area contributed by atoms with Crippen LogP contribution in [-0.4, -0.2) is 34.3 Å². The minimum absolute atomic E-state index is 0.0797. The highest BCUT2D eigenvalue weighted by atomic mass is 16.5. The summed E-state index contributed by atoms with van der Waals surface area (Å²) in [5.41, 5.74) is 3.98. The summed E-state index contributed by atoms with van der Waals surface area (Å²) < 4.78 is 7.11. The molecule has 6 heteroatoms. The third kappa shape index (κ3) is 4.47. The molecule has 134 valence electrons. The predicted octanol–water partition coefficient (Wildman–Crippen LogP) is 2.62. The topological polar surface area (TPSA) is 69.0 Å². The van der Waals surface area contributed by atoms with Gasteiger partial charge < -0.3 is 10.1 Å². The van der Waals surface area contributed by atoms with Gasteiger partial charge in [0.15, 0.2) is 0 Å². The monoisotopic (exact) mass is 350 g/mol. The number of nitrogens with zero attached hydrogens (tertiary/aromatic N) is 3. The number of methoxy groups -OCH3 is 1. The lowest BCUT2D eigenvalue weighted by Crippen LogP contribution is -2.25. The van der Waals surface area contributed by atoms with Gasteiger partial charge in [-0.05, 0) is 42.7 Å². The molecule has 1 heterocycles. The fourth-order valence-corrected chi connectivity index (χ4v) is 2.78. The van der Waals surface area contributed by atoms with E-state index in [-0.39, 0.29) is 5.91 Å². The fourth-order valence-electron chi connectivity index (χ4n) is 2.78. The number of benzene rings is 2. The van der Waals surface area contributed by atoms with Crippen molar-refractivity contribution in [2.45, 2.75) is 19.9 Å². The van der Waals surface area contributed by atoms with Gasteiger partial charge >= 0.3 is 0 Å². The normalized spacial score (nSPS) is 10.5. The largest absolute Gasteiger partial charge is 0.496 e. The summed E-state index contributed by atoms with van der Waals surface area (Å²) in [5.74, 6) is 0.770. The Labute approximate surface area is 152 Å². The van der Waals surface area contributed by atoms with Gasteiger partial charge in [0, 0.05) is 12.1 Å². The number of carbonyl (C=O) groups is 1. The molecule has 0 bridgehead atoms. The summed E-state index contributed by atoms with van der Waals surface area (Å²) >= 11 is 0. The minimum atomic E-state index is -0.0797. The number of aromatic nitrogens is 3. The third-order valence-corrected chi connectivity index (χ3v) is 4.14. The molecule has 0 spiro atoms. The van der Waals surface area contributed by atoms with Crippen LogP contribution < -0.4 is 10.1 Å². The van der Waals surface area contributed by atoms with E-state index in [2.05, 4.69) is 21.5 Å². The van der Waals surface area contributed by atoms with Crippen molar-refractivity contribution in [1.29, 1.82) is 0 Å². The van der Waals surface area contributed by atoms with Gasteiger partial charge in [-0.2, -0.15) is 5.10 Å². The lowest BCUT2D eigenvalue weighted by Gasteiger charge is -2.10. The molecule has 6 nitrogen and oxygen atoms in total. The Morgan fingerprint density at radius 1 is 1.19 bits per heavy atom. The second-order valence-electron chi connectivity index (χ2n) is 6.11. The first-order chi connectivity index (χ1) is 12.7. The summed E-state index contributed by atoms with van der Waals surface area (Å²) in [7, 11) is 1.66. The SMILES string of the molecule is COc1ccc(C)cc1CCNC(=O)c1ccc(Cn2cncn2)cc1. The number of nitrogens with one attached hydrogen (secondary N) is 1. The van der Waals surface area contributed by atoms with E-state index in [1.807, 2.05) is 43.3 Å². The third-order valence-electron chi connectivity index (χ3n) is 4.14. The van der Waals surface area contributed by atoms with E-state index >= 15 is 0 Å². The van der Waals surface area contributed by atoms with Crippen LogP contribution in [-0.2, 0) is 13.0 Å². The summed E-state index contributed by atoms with van der Waals surface area (Å²) in [6, 6.07) is 13.6. The van der Waals surface area contributed by atoms with Gasteiger partial charge in [0.1, 0.15) is 18.4 Å².